The summed E-state index contributed by atoms with van der Waals surface area (Å²) in [5.74, 6) is 0.527. The largest absolute Gasteiger partial charge is 0.497 e. The molecule has 8 nitrogen and oxygen atoms in total. The summed E-state index contributed by atoms with van der Waals surface area (Å²) in [5, 5.41) is 12.5. The second-order valence-corrected chi connectivity index (χ2v) is 8.19. The van der Waals surface area contributed by atoms with E-state index in [0.717, 1.165) is 0 Å². The lowest BCUT2D eigenvalue weighted by Gasteiger charge is -2.35. The molecule has 2 saturated heterocycles. The Morgan fingerprint density at radius 1 is 1.19 bits per heavy atom. The van der Waals surface area contributed by atoms with Crippen molar-refractivity contribution >= 4 is 28.3 Å². The Kier molecular flexibility index (Phi) is 6.86. The molecule has 0 aliphatic carbocycles. The zero-order valence-corrected chi connectivity index (χ0v) is 16.1. The number of carbonyl (C=O) groups excluding carboxylic acids is 1. The smallest absolute Gasteiger partial charge is 0.243 e. The number of amides is 1. The average molecular weight is 406 g/mol. The highest BCUT2D eigenvalue weighted by molar-refractivity contribution is 7.89. The van der Waals surface area contributed by atoms with Crippen LogP contribution in [0.1, 0.15) is 6.42 Å². The van der Waals surface area contributed by atoms with Gasteiger partial charge in [-0.1, -0.05) is 0 Å². The van der Waals surface area contributed by atoms with Crippen LogP contribution < -0.4 is 10.1 Å². The standard InChI is InChI=1S/C16H23N3O5S.ClH/c1-24-13-2-4-14(5-3-13)25(22,23)19-8-6-18(7-9-19)16(21)15-10-12(20)11-17-15;/h2-5,12,15,17,20H,6-11H2,1H3;1H. The summed E-state index contributed by atoms with van der Waals surface area (Å²) in [6.07, 6.45) is -0.0888. The second-order valence-electron chi connectivity index (χ2n) is 6.26. The number of hydrogen-bond donors (Lipinski definition) is 2. The fraction of sp³-hybridized carbons (Fsp3) is 0.562. The molecule has 2 unspecified atom stereocenters. The lowest BCUT2D eigenvalue weighted by molar-refractivity contribution is -0.134. The van der Waals surface area contributed by atoms with E-state index < -0.39 is 16.1 Å². The van der Waals surface area contributed by atoms with Crippen molar-refractivity contribution < 1.29 is 23.1 Å². The predicted octanol–water partition coefficient (Wildman–Crippen LogP) is -0.327. The van der Waals surface area contributed by atoms with Crippen molar-refractivity contribution in [1.29, 1.82) is 0 Å². The van der Waals surface area contributed by atoms with Gasteiger partial charge >= 0.3 is 0 Å². The minimum absolute atomic E-state index is 0. The molecular formula is C16H24ClN3O5S. The van der Waals surface area contributed by atoms with Crippen LogP contribution in [0.15, 0.2) is 29.2 Å². The molecule has 10 heteroatoms. The van der Waals surface area contributed by atoms with Crippen molar-refractivity contribution in [3.63, 3.8) is 0 Å². The summed E-state index contributed by atoms with van der Waals surface area (Å²) < 4.78 is 31.8. The van der Waals surface area contributed by atoms with Gasteiger partial charge in [-0.25, -0.2) is 8.42 Å². The normalized spacial score (nSPS) is 24.2. The molecule has 1 aromatic rings. The minimum atomic E-state index is -3.58. The molecule has 0 spiro atoms. The van der Waals surface area contributed by atoms with Gasteiger partial charge in [-0.15, -0.1) is 12.4 Å². The molecule has 2 aliphatic rings. The Labute approximate surface area is 159 Å². The van der Waals surface area contributed by atoms with E-state index in [0.29, 0.717) is 31.8 Å². The first-order chi connectivity index (χ1) is 11.9. The Morgan fingerprint density at radius 3 is 2.31 bits per heavy atom. The van der Waals surface area contributed by atoms with Crippen molar-refractivity contribution in [2.45, 2.75) is 23.5 Å². The van der Waals surface area contributed by atoms with Crippen molar-refractivity contribution in [1.82, 2.24) is 14.5 Å². The SMILES string of the molecule is COc1ccc(S(=O)(=O)N2CCN(C(=O)C3CC(O)CN3)CC2)cc1.Cl. The maximum absolute atomic E-state index is 12.7. The summed E-state index contributed by atoms with van der Waals surface area (Å²) in [5.41, 5.74) is 0. The lowest BCUT2D eigenvalue weighted by Crippen LogP contribution is -2.54. The molecule has 1 aromatic carbocycles. The molecule has 0 radical (unpaired) electrons. The summed E-state index contributed by atoms with van der Waals surface area (Å²) in [6, 6.07) is 5.90. The monoisotopic (exact) mass is 405 g/mol. The van der Waals surface area contributed by atoms with Gasteiger partial charge in [0.1, 0.15) is 5.75 Å². The van der Waals surface area contributed by atoms with E-state index in [9.17, 15) is 18.3 Å². The zero-order chi connectivity index (χ0) is 18.0. The van der Waals surface area contributed by atoms with Crippen LogP contribution in [0.2, 0.25) is 0 Å². The maximum atomic E-state index is 12.7. The summed E-state index contributed by atoms with van der Waals surface area (Å²) in [4.78, 5) is 14.3. The summed E-state index contributed by atoms with van der Waals surface area (Å²) >= 11 is 0. The summed E-state index contributed by atoms with van der Waals surface area (Å²) in [7, 11) is -2.05. The van der Waals surface area contributed by atoms with E-state index >= 15 is 0 Å². The van der Waals surface area contributed by atoms with Gasteiger partial charge in [-0.05, 0) is 30.7 Å². The highest BCUT2D eigenvalue weighted by atomic mass is 35.5. The van der Waals surface area contributed by atoms with Gasteiger partial charge in [-0.3, -0.25) is 4.79 Å². The topological polar surface area (TPSA) is 99.2 Å². The van der Waals surface area contributed by atoms with E-state index in [4.69, 9.17) is 4.74 Å². The molecule has 1 amide bonds. The van der Waals surface area contributed by atoms with Crippen LogP contribution in [0, 0.1) is 0 Å². The number of rotatable bonds is 4. The highest BCUT2D eigenvalue weighted by Crippen LogP contribution is 2.21. The molecular weight excluding hydrogens is 382 g/mol. The number of methoxy groups -OCH3 is 1. The van der Waals surface area contributed by atoms with E-state index in [1.54, 1.807) is 17.0 Å². The Bertz CT molecular complexity index is 720. The Balaban J connectivity index is 0.00000243. The van der Waals surface area contributed by atoms with Crippen LogP contribution in [-0.2, 0) is 14.8 Å². The number of halogens is 1. The third kappa shape index (κ3) is 4.29. The molecule has 2 atom stereocenters. The molecule has 2 fully saturated rings. The van der Waals surface area contributed by atoms with Crippen LogP contribution in [0.5, 0.6) is 5.75 Å². The first-order valence-electron chi connectivity index (χ1n) is 8.26. The number of carbonyl (C=O) groups is 1. The number of β-amino-alcohol motifs (C(OH)–C–C–N with tert-alkyl or cyclic N) is 1. The number of sulfonamides is 1. The van der Waals surface area contributed by atoms with Crippen LogP contribution in [0.3, 0.4) is 0 Å². The van der Waals surface area contributed by atoms with Gasteiger partial charge in [0, 0.05) is 32.7 Å². The fourth-order valence-electron chi connectivity index (χ4n) is 3.17. The van der Waals surface area contributed by atoms with Crippen LogP contribution in [0.4, 0.5) is 0 Å². The van der Waals surface area contributed by atoms with Crippen molar-refractivity contribution in [3.8, 4) is 5.75 Å². The number of benzene rings is 1. The van der Waals surface area contributed by atoms with Crippen molar-refractivity contribution in [2.75, 3.05) is 39.8 Å². The number of aliphatic hydroxyl groups excluding tert-OH is 1. The molecule has 146 valence electrons. The van der Waals surface area contributed by atoms with Gasteiger partial charge in [0.15, 0.2) is 0 Å². The summed E-state index contributed by atoms with van der Waals surface area (Å²) in [6.45, 7) is 1.64. The number of nitrogens with zero attached hydrogens (tertiary/aromatic N) is 2. The fourth-order valence-corrected chi connectivity index (χ4v) is 4.59. The molecule has 2 N–H and O–H groups in total. The maximum Gasteiger partial charge on any atom is 0.243 e. The number of ether oxygens (including phenoxy) is 1. The van der Waals surface area contributed by atoms with Crippen molar-refractivity contribution in [3.05, 3.63) is 24.3 Å². The zero-order valence-electron chi connectivity index (χ0n) is 14.5. The average Bonchev–Trinajstić information content (AvgIpc) is 3.07. The van der Waals surface area contributed by atoms with Crippen LogP contribution in [0.25, 0.3) is 0 Å². The molecule has 3 rings (SSSR count). The molecule has 0 saturated carbocycles. The van der Waals surface area contributed by atoms with Gasteiger partial charge in [-0.2, -0.15) is 4.31 Å². The van der Waals surface area contributed by atoms with E-state index in [1.165, 1.54) is 23.5 Å². The lowest BCUT2D eigenvalue weighted by atomic mass is 10.1. The number of piperazine rings is 1. The molecule has 2 heterocycles. The first kappa shape index (κ1) is 20.9. The first-order valence-corrected chi connectivity index (χ1v) is 9.70. The van der Waals surface area contributed by atoms with Crippen molar-refractivity contribution in [2.24, 2.45) is 0 Å². The van der Waals surface area contributed by atoms with Crippen LogP contribution >= 0.6 is 12.4 Å². The Hall–Kier alpha value is -1.39. The minimum Gasteiger partial charge on any atom is -0.497 e. The van der Waals surface area contributed by atoms with Crippen LogP contribution in [-0.4, -0.2) is 80.6 Å². The van der Waals surface area contributed by atoms with E-state index in [2.05, 4.69) is 5.32 Å². The van der Waals surface area contributed by atoms with Gasteiger partial charge in [0.2, 0.25) is 15.9 Å². The molecule has 26 heavy (non-hydrogen) atoms. The highest BCUT2D eigenvalue weighted by Gasteiger charge is 2.35. The van der Waals surface area contributed by atoms with E-state index in [1.807, 2.05) is 0 Å². The second kappa shape index (κ2) is 8.53. The third-order valence-corrected chi connectivity index (χ3v) is 6.57. The molecule has 0 aromatic heterocycles. The third-order valence-electron chi connectivity index (χ3n) is 4.65. The van der Waals surface area contributed by atoms with Gasteiger partial charge < -0.3 is 20.1 Å². The van der Waals surface area contributed by atoms with Gasteiger partial charge in [0.05, 0.1) is 24.2 Å². The van der Waals surface area contributed by atoms with E-state index in [-0.39, 0.29) is 42.3 Å². The molecule has 2 aliphatic heterocycles. The quantitative estimate of drug-likeness (QED) is 0.711. The molecule has 0 bridgehead atoms. The number of hydrogen-bond acceptors (Lipinski definition) is 6. The number of aliphatic hydroxyl groups is 1. The van der Waals surface area contributed by atoms with Gasteiger partial charge in [0.25, 0.3) is 0 Å². The number of nitrogens with one attached hydrogen (secondary N) is 1. The Morgan fingerprint density at radius 2 is 1.81 bits per heavy atom. The predicted molar refractivity (Wildman–Crippen MR) is 98.0 cm³/mol.